The highest BCUT2D eigenvalue weighted by molar-refractivity contribution is 5.74. The van der Waals surface area contributed by atoms with Crippen molar-refractivity contribution in [3.63, 3.8) is 0 Å². The van der Waals surface area contributed by atoms with Crippen LogP contribution in [0.25, 0.3) is 0 Å². The Morgan fingerprint density at radius 1 is 1.44 bits per heavy atom. The molecule has 0 amide bonds. The topological polar surface area (TPSA) is 49.3 Å². The highest BCUT2D eigenvalue weighted by Crippen LogP contribution is 2.22. The van der Waals surface area contributed by atoms with Crippen molar-refractivity contribution in [2.24, 2.45) is 0 Å². The Hall–Kier alpha value is -1.35. The Kier molecular flexibility index (Phi) is 2.97. The maximum Gasteiger partial charge on any atom is 0.321 e. The average molecular weight is 219 g/mol. The van der Waals surface area contributed by atoms with E-state index in [1.54, 1.807) is 0 Å². The first kappa shape index (κ1) is 11.1. The van der Waals surface area contributed by atoms with Gasteiger partial charge in [0.15, 0.2) is 0 Å². The molecule has 1 aliphatic rings. The van der Waals surface area contributed by atoms with Crippen molar-refractivity contribution >= 4 is 5.97 Å². The maximum absolute atomic E-state index is 10.9. The minimum absolute atomic E-state index is 0.435. The zero-order valence-corrected chi connectivity index (χ0v) is 9.66. The van der Waals surface area contributed by atoms with Crippen LogP contribution in [-0.2, 0) is 17.8 Å². The summed E-state index contributed by atoms with van der Waals surface area (Å²) in [6.45, 7) is 4.96. The molecule has 0 bridgehead atoms. The average Bonchev–Trinajstić information content (AvgIpc) is 2.27. The van der Waals surface area contributed by atoms with Gasteiger partial charge >= 0.3 is 5.97 Å². The van der Waals surface area contributed by atoms with Gasteiger partial charge in [0, 0.05) is 6.54 Å². The SMILES string of the molecule is CC(C)c1ccc2c(c1)CC(C(=O)O)NC2. The summed E-state index contributed by atoms with van der Waals surface area (Å²) in [6, 6.07) is 5.95. The zero-order chi connectivity index (χ0) is 11.7. The second-order valence-corrected chi connectivity index (χ2v) is 4.66. The molecule has 2 rings (SSSR count). The van der Waals surface area contributed by atoms with Crippen molar-refractivity contribution in [3.05, 3.63) is 34.9 Å². The van der Waals surface area contributed by atoms with E-state index in [0.29, 0.717) is 18.9 Å². The summed E-state index contributed by atoms with van der Waals surface area (Å²) in [7, 11) is 0. The van der Waals surface area contributed by atoms with E-state index in [0.717, 1.165) is 0 Å². The molecular weight excluding hydrogens is 202 g/mol. The first-order valence-corrected chi connectivity index (χ1v) is 5.66. The molecule has 2 N–H and O–H groups in total. The van der Waals surface area contributed by atoms with Gasteiger partial charge in [0.1, 0.15) is 6.04 Å². The summed E-state index contributed by atoms with van der Waals surface area (Å²) >= 11 is 0. The number of aliphatic carboxylic acids is 1. The van der Waals surface area contributed by atoms with Crippen molar-refractivity contribution in [3.8, 4) is 0 Å². The predicted octanol–water partition coefficient (Wildman–Crippen LogP) is 1.91. The molecule has 1 heterocycles. The van der Waals surface area contributed by atoms with Gasteiger partial charge < -0.3 is 10.4 Å². The molecule has 0 saturated carbocycles. The zero-order valence-electron chi connectivity index (χ0n) is 9.66. The van der Waals surface area contributed by atoms with E-state index >= 15 is 0 Å². The minimum Gasteiger partial charge on any atom is -0.480 e. The molecule has 1 unspecified atom stereocenters. The van der Waals surface area contributed by atoms with Crippen molar-refractivity contribution in [2.75, 3.05) is 0 Å². The summed E-state index contributed by atoms with van der Waals surface area (Å²) in [5.41, 5.74) is 3.68. The van der Waals surface area contributed by atoms with Gasteiger partial charge in [0.2, 0.25) is 0 Å². The number of rotatable bonds is 2. The third kappa shape index (κ3) is 2.09. The van der Waals surface area contributed by atoms with Crippen LogP contribution in [0.4, 0.5) is 0 Å². The van der Waals surface area contributed by atoms with Crippen LogP contribution in [0, 0.1) is 0 Å². The van der Waals surface area contributed by atoms with Gasteiger partial charge in [-0.3, -0.25) is 4.79 Å². The highest BCUT2D eigenvalue weighted by atomic mass is 16.4. The molecule has 1 aromatic rings. The summed E-state index contributed by atoms with van der Waals surface area (Å²) in [5.74, 6) is -0.274. The number of hydrogen-bond donors (Lipinski definition) is 2. The molecule has 1 aromatic carbocycles. The van der Waals surface area contributed by atoms with E-state index < -0.39 is 12.0 Å². The number of fused-ring (bicyclic) bond motifs is 1. The Morgan fingerprint density at radius 2 is 2.19 bits per heavy atom. The molecule has 0 fully saturated rings. The molecule has 0 saturated heterocycles. The Labute approximate surface area is 95.5 Å². The fraction of sp³-hybridized carbons (Fsp3) is 0.462. The molecule has 1 atom stereocenters. The van der Waals surface area contributed by atoms with Crippen LogP contribution < -0.4 is 5.32 Å². The third-order valence-electron chi connectivity index (χ3n) is 3.16. The Bertz CT molecular complexity index is 412. The molecule has 3 heteroatoms. The predicted molar refractivity (Wildman–Crippen MR) is 62.5 cm³/mol. The van der Waals surface area contributed by atoms with Crippen LogP contribution in [0.2, 0.25) is 0 Å². The van der Waals surface area contributed by atoms with Gasteiger partial charge in [-0.2, -0.15) is 0 Å². The largest absolute Gasteiger partial charge is 0.480 e. The van der Waals surface area contributed by atoms with Crippen molar-refractivity contribution in [1.82, 2.24) is 5.32 Å². The second-order valence-electron chi connectivity index (χ2n) is 4.66. The van der Waals surface area contributed by atoms with E-state index in [2.05, 4.69) is 37.4 Å². The van der Waals surface area contributed by atoms with E-state index in [1.165, 1.54) is 16.7 Å². The normalized spacial score (nSPS) is 19.6. The fourth-order valence-corrected chi connectivity index (χ4v) is 2.07. The van der Waals surface area contributed by atoms with Gasteiger partial charge in [-0.15, -0.1) is 0 Å². The smallest absolute Gasteiger partial charge is 0.321 e. The van der Waals surface area contributed by atoms with Gasteiger partial charge in [0.05, 0.1) is 0 Å². The van der Waals surface area contributed by atoms with E-state index in [-0.39, 0.29) is 0 Å². The molecule has 0 radical (unpaired) electrons. The molecule has 0 aromatic heterocycles. The van der Waals surface area contributed by atoms with E-state index in [9.17, 15) is 4.79 Å². The quantitative estimate of drug-likeness (QED) is 0.798. The Morgan fingerprint density at radius 3 is 2.81 bits per heavy atom. The Balaban J connectivity index is 2.28. The molecule has 3 nitrogen and oxygen atoms in total. The molecular formula is C13H17NO2. The number of nitrogens with one attached hydrogen (secondary N) is 1. The molecule has 1 aliphatic heterocycles. The number of carboxylic acid groups (broad SMARTS) is 1. The lowest BCUT2D eigenvalue weighted by atomic mass is 9.91. The number of benzene rings is 1. The van der Waals surface area contributed by atoms with Crippen LogP contribution in [-0.4, -0.2) is 17.1 Å². The number of hydrogen-bond acceptors (Lipinski definition) is 2. The van der Waals surface area contributed by atoms with Crippen molar-refractivity contribution in [2.45, 2.75) is 38.8 Å². The van der Waals surface area contributed by atoms with Crippen molar-refractivity contribution in [1.29, 1.82) is 0 Å². The first-order chi connectivity index (χ1) is 7.58. The van der Waals surface area contributed by atoms with E-state index in [1.807, 2.05) is 0 Å². The van der Waals surface area contributed by atoms with Crippen LogP contribution >= 0.6 is 0 Å². The van der Waals surface area contributed by atoms with Crippen LogP contribution in [0.1, 0.15) is 36.5 Å². The van der Waals surface area contributed by atoms with Crippen LogP contribution in [0.5, 0.6) is 0 Å². The third-order valence-corrected chi connectivity index (χ3v) is 3.16. The molecule has 0 aliphatic carbocycles. The molecule has 0 spiro atoms. The number of carbonyl (C=O) groups is 1. The van der Waals surface area contributed by atoms with E-state index in [4.69, 9.17) is 5.11 Å². The van der Waals surface area contributed by atoms with Crippen LogP contribution in [0.3, 0.4) is 0 Å². The summed E-state index contributed by atoms with van der Waals surface area (Å²) < 4.78 is 0. The van der Waals surface area contributed by atoms with Gasteiger partial charge in [-0.25, -0.2) is 0 Å². The summed E-state index contributed by atoms with van der Waals surface area (Å²) in [5, 5.41) is 12.0. The maximum atomic E-state index is 10.9. The van der Waals surface area contributed by atoms with Crippen molar-refractivity contribution < 1.29 is 9.90 Å². The fourth-order valence-electron chi connectivity index (χ4n) is 2.07. The van der Waals surface area contributed by atoms with Crippen LogP contribution in [0.15, 0.2) is 18.2 Å². The summed E-state index contributed by atoms with van der Waals surface area (Å²) in [6.07, 6.45) is 0.589. The monoisotopic (exact) mass is 219 g/mol. The van der Waals surface area contributed by atoms with Gasteiger partial charge in [-0.05, 0) is 29.0 Å². The highest BCUT2D eigenvalue weighted by Gasteiger charge is 2.23. The molecule has 16 heavy (non-hydrogen) atoms. The lowest BCUT2D eigenvalue weighted by Crippen LogP contribution is -2.41. The lowest BCUT2D eigenvalue weighted by molar-refractivity contribution is -0.139. The second kappa shape index (κ2) is 4.26. The standard InChI is InChI=1S/C13H17NO2/c1-8(2)9-3-4-10-7-14-12(13(15)16)6-11(10)5-9/h3-5,8,12,14H,6-7H2,1-2H3,(H,15,16). The minimum atomic E-state index is -0.763. The van der Waals surface area contributed by atoms with Gasteiger partial charge in [0.25, 0.3) is 0 Å². The number of carboxylic acids is 1. The summed E-state index contributed by atoms with van der Waals surface area (Å²) in [4.78, 5) is 10.9. The molecule has 86 valence electrons. The first-order valence-electron chi connectivity index (χ1n) is 5.66. The van der Waals surface area contributed by atoms with Gasteiger partial charge in [-0.1, -0.05) is 32.0 Å². The lowest BCUT2D eigenvalue weighted by Gasteiger charge is -2.24.